The minimum absolute atomic E-state index is 0.119. The summed E-state index contributed by atoms with van der Waals surface area (Å²) < 4.78 is 0. The van der Waals surface area contributed by atoms with Gasteiger partial charge < -0.3 is 15.7 Å². The first kappa shape index (κ1) is 12.4. The van der Waals surface area contributed by atoms with Crippen molar-refractivity contribution in [2.24, 2.45) is 0 Å². The van der Waals surface area contributed by atoms with Crippen LogP contribution < -0.4 is 10.6 Å². The van der Waals surface area contributed by atoms with Gasteiger partial charge in [-0.2, -0.15) is 0 Å². The average Bonchev–Trinajstić information content (AvgIpc) is 2.81. The molecule has 0 unspecified atom stereocenters. The maximum Gasteiger partial charge on any atom is 0.339 e. The number of pyridine rings is 1. The summed E-state index contributed by atoms with van der Waals surface area (Å²) in [7, 11) is 1.81. The van der Waals surface area contributed by atoms with Crippen molar-refractivity contribution < 1.29 is 9.90 Å². The number of carboxylic acid groups (broad SMARTS) is 1. The molecule has 94 valence electrons. The van der Waals surface area contributed by atoms with Crippen LogP contribution in [0.15, 0.2) is 29.8 Å². The number of hydrogen-bond acceptors (Lipinski definition) is 5. The number of carbonyl (C=O) groups is 1. The van der Waals surface area contributed by atoms with Gasteiger partial charge in [0, 0.05) is 11.9 Å². The maximum atomic E-state index is 11.2. The van der Waals surface area contributed by atoms with Gasteiger partial charge in [0.25, 0.3) is 0 Å². The van der Waals surface area contributed by atoms with E-state index >= 15 is 0 Å². The highest BCUT2D eigenvalue weighted by molar-refractivity contribution is 7.09. The van der Waals surface area contributed by atoms with Crippen molar-refractivity contribution in [2.45, 2.75) is 6.54 Å². The largest absolute Gasteiger partial charge is 0.478 e. The van der Waals surface area contributed by atoms with E-state index in [0.717, 1.165) is 4.88 Å². The molecule has 0 atom stereocenters. The molecule has 0 aromatic carbocycles. The van der Waals surface area contributed by atoms with Gasteiger partial charge in [0.1, 0.15) is 11.4 Å². The Morgan fingerprint density at radius 2 is 2.39 bits per heavy atom. The van der Waals surface area contributed by atoms with E-state index < -0.39 is 5.97 Å². The molecule has 5 nitrogen and oxygen atoms in total. The monoisotopic (exact) mass is 263 g/mol. The van der Waals surface area contributed by atoms with Gasteiger partial charge >= 0.3 is 5.97 Å². The third-order valence-corrected chi connectivity index (χ3v) is 3.31. The fraction of sp³-hybridized carbons (Fsp3) is 0.167. The first-order valence-electron chi connectivity index (χ1n) is 5.30. The smallest absolute Gasteiger partial charge is 0.339 e. The zero-order valence-corrected chi connectivity index (χ0v) is 10.6. The van der Waals surface area contributed by atoms with E-state index in [1.54, 1.807) is 16.2 Å². The highest BCUT2D eigenvalue weighted by Gasteiger charge is 2.16. The van der Waals surface area contributed by atoms with Crippen LogP contribution in [-0.4, -0.2) is 23.1 Å². The van der Waals surface area contributed by atoms with E-state index in [1.165, 1.54) is 12.3 Å². The van der Waals surface area contributed by atoms with E-state index in [4.69, 9.17) is 10.8 Å². The molecule has 6 heteroatoms. The molecular formula is C12H13N3O2S. The predicted octanol–water partition coefficient (Wildman–Crippen LogP) is 2.06. The normalized spacial score (nSPS) is 10.3. The average molecular weight is 263 g/mol. The Hall–Kier alpha value is -2.08. The van der Waals surface area contributed by atoms with Gasteiger partial charge in [-0.25, -0.2) is 9.78 Å². The number of rotatable bonds is 4. The summed E-state index contributed by atoms with van der Waals surface area (Å²) in [5, 5.41) is 11.1. The van der Waals surface area contributed by atoms with Gasteiger partial charge in [-0.05, 0) is 17.5 Å². The van der Waals surface area contributed by atoms with E-state index in [9.17, 15) is 4.79 Å². The predicted molar refractivity (Wildman–Crippen MR) is 72.0 cm³/mol. The lowest BCUT2D eigenvalue weighted by molar-refractivity contribution is 0.0697. The zero-order valence-electron chi connectivity index (χ0n) is 9.83. The molecule has 2 aromatic rings. The van der Waals surface area contributed by atoms with Crippen LogP contribution in [0, 0.1) is 0 Å². The molecule has 2 aromatic heterocycles. The van der Waals surface area contributed by atoms with Gasteiger partial charge in [-0.1, -0.05) is 6.07 Å². The van der Waals surface area contributed by atoms with Gasteiger partial charge in [0.2, 0.25) is 0 Å². The molecule has 0 fully saturated rings. The van der Waals surface area contributed by atoms with Crippen molar-refractivity contribution in [1.29, 1.82) is 0 Å². The zero-order chi connectivity index (χ0) is 13.1. The second kappa shape index (κ2) is 5.05. The highest BCUT2D eigenvalue weighted by Crippen LogP contribution is 2.21. The molecule has 2 rings (SSSR count). The number of nitrogens with two attached hydrogens (primary N) is 1. The first-order valence-corrected chi connectivity index (χ1v) is 6.18. The van der Waals surface area contributed by atoms with Gasteiger partial charge in [-0.15, -0.1) is 11.3 Å². The summed E-state index contributed by atoms with van der Waals surface area (Å²) in [6.07, 6.45) is 1.46. The van der Waals surface area contributed by atoms with Gasteiger partial charge in [0.05, 0.1) is 18.4 Å². The molecule has 3 N–H and O–H groups in total. The topological polar surface area (TPSA) is 79.5 Å². The second-order valence-electron chi connectivity index (χ2n) is 3.88. The van der Waals surface area contributed by atoms with Crippen molar-refractivity contribution in [3.05, 3.63) is 40.2 Å². The number of carboxylic acids is 1. The van der Waals surface area contributed by atoms with Crippen molar-refractivity contribution in [3.63, 3.8) is 0 Å². The van der Waals surface area contributed by atoms with Crippen LogP contribution in [0.3, 0.4) is 0 Å². The minimum Gasteiger partial charge on any atom is -0.478 e. The molecule has 0 aliphatic rings. The lowest BCUT2D eigenvalue weighted by atomic mass is 10.2. The first-order chi connectivity index (χ1) is 8.58. The van der Waals surface area contributed by atoms with E-state index in [0.29, 0.717) is 18.1 Å². The Kier molecular flexibility index (Phi) is 3.47. The number of hydrogen-bond donors (Lipinski definition) is 2. The van der Waals surface area contributed by atoms with E-state index in [1.807, 2.05) is 24.6 Å². The Bertz CT molecular complexity index is 554. The van der Waals surface area contributed by atoms with Crippen molar-refractivity contribution >= 4 is 28.8 Å². The summed E-state index contributed by atoms with van der Waals surface area (Å²) in [6.45, 7) is 0.620. The summed E-state index contributed by atoms with van der Waals surface area (Å²) in [5.41, 5.74) is 6.03. The Morgan fingerprint density at radius 1 is 1.61 bits per heavy atom. The van der Waals surface area contributed by atoms with Crippen LogP contribution in [0.2, 0.25) is 0 Å². The van der Waals surface area contributed by atoms with Gasteiger partial charge in [0.15, 0.2) is 0 Å². The SMILES string of the molecule is CN(Cc1cccs1)c1ncc(N)cc1C(=O)O. The van der Waals surface area contributed by atoms with Crippen LogP contribution in [0.1, 0.15) is 15.2 Å². The van der Waals surface area contributed by atoms with Crippen LogP contribution in [0.5, 0.6) is 0 Å². The van der Waals surface area contributed by atoms with Crippen LogP contribution in [0.25, 0.3) is 0 Å². The molecule has 0 bridgehead atoms. The molecule has 0 radical (unpaired) electrons. The van der Waals surface area contributed by atoms with Crippen LogP contribution in [0.4, 0.5) is 11.5 Å². The number of aromatic nitrogens is 1. The second-order valence-corrected chi connectivity index (χ2v) is 4.91. The molecule has 2 heterocycles. The fourth-order valence-corrected chi connectivity index (χ4v) is 2.40. The summed E-state index contributed by atoms with van der Waals surface area (Å²) in [6, 6.07) is 5.39. The maximum absolute atomic E-state index is 11.2. The molecule has 0 amide bonds. The molecule has 0 spiro atoms. The molecule has 18 heavy (non-hydrogen) atoms. The standard InChI is InChI=1S/C12H13N3O2S/c1-15(7-9-3-2-4-18-9)11-10(12(16)17)5-8(13)6-14-11/h2-6H,7,13H2,1H3,(H,16,17). The lowest BCUT2D eigenvalue weighted by Crippen LogP contribution is -2.20. The summed E-state index contributed by atoms with van der Waals surface area (Å²) in [4.78, 5) is 18.2. The summed E-state index contributed by atoms with van der Waals surface area (Å²) in [5.74, 6) is -0.604. The fourth-order valence-electron chi connectivity index (χ4n) is 1.65. The molecular weight excluding hydrogens is 250 g/mol. The number of thiophene rings is 1. The van der Waals surface area contributed by atoms with Crippen LogP contribution >= 0.6 is 11.3 Å². The molecule has 0 saturated heterocycles. The van der Waals surface area contributed by atoms with Gasteiger partial charge in [-0.3, -0.25) is 0 Å². The van der Waals surface area contributed by atoms with E-state index in [-0.39, 0.29) is 5.56 Å². The lowest BCUT2D eigenvalue weighted by Gasteiger charge is -2.19. The molecule has 0 aliphatic carbocycles. The Labute approximate surface area is 108 Å². The number of nitrogen functional groups attached to an aromatic ring is 1. The van der Waals surface area contributed by atoms with Crippen molar-refractivity contribution in [1.82, 2.24) is 4.98 Å². The van der Waals surface area contributed by atoms with Crippen molar-refractivity contribution in [2.75, 3.05) is 17.7 Å². The molecule has 0 saturated carbocycles. The number of anilines is 2. The number of nitrogens with zero attached hydrogens (tertiary/aromatic N) is 2. The Balaban J connectivity index is 2.29. The number of aromatic carboxylic acids is 1. The third-order valence-electron chi connectivity index (χ3n) is 2.45. The Morgan fingerprint density at radius 3 is 3.00 bits per heavy atom. The van der Waals surface area contributed by atoms with Crippen LogP contribution in [-0.2, 0) is 6.54 Å². The quantitative estimate of drug-likeness (QED) is 0.882. The van der Waals surface area contributed by atoms with E-state index in [2.05, 4.69) is 4.98 Å². The van der Waals surface area contributed by atoms with Crippen molar-refractivity contribution in [3.8, 4) is 0 Å². The minimum atomic E-state index is -1.03. The third kappa shape index (κ3) is 2.60. The summed E-state index contributed by atoms with van der Waals surface area (Å²) >= 11 is 1.62. The highest BCUT2D eigenvalue weighted by atomic mass is 32.1. The molecule has 0 aliphatic heterocycles.